The molecule has 1 fully saturated rings. The predicted molar refractivity (Wildman–Crippen MR) is 133 cm³/mol. The van der Waals surface area contributed by atoms with Crippen molar-refractivity contribution < 1.29 is 29.3 Å². The first-order chi connectivity index (χ1) is 17.9. The van der Waals surface area contributed by atoms with Crippen LogP contribution in [0.25, 0.3) is 11.2 Å². The normalized spacial score (nSPS) is 19.2. The molecule has 2 N–H and O–H groups in total. The molecule has 5 rings (SSSR count). The minimum atomic E-state index is -1.12. The summed E-state index contributed by atoms with van der Waals surface area (Å²) in [6, 6.07) is 13.6. The monoisotopic (exact) mass is 502 g/mol. The van der Waals surface area contributed by atoms with Crippen molar-refractivity contribution >= 4 is 22.9 Å². The van der Waals surface area contributed by atoms with Crippen molar-refractivity contribution in [2.45, 2.75) is 44.6 Å². The quantitative estimate of drug-likeness (QED) is 0.330. The van der Waals surface area contributed by atoms with Gasteiger partial charge in [0.25, 0.3) is 0 Å². The van der Waals surface area contributed by atoms with Gasteiger partial charge in [0.05, 0.1) is 23.7 Å². The standard InChI is InChI=1S/C27H26N4O6/c1-16-25-26(29-14-28-16)31(15-30-25)24-12-22(33)23(37-24)13-36-18-6-4-5-17(11-18)9-10-21(32)19-7-2-3-8-20(19)27(34)35/h2-8,11,14-15,22-24,33H,9-10,12-13H2,1H3,(H,34,35)/t22-,23+,24+/m0/s1. The summed E-state index contributed by atoms with van der Waals surface area (Å²) in [5.41, 5.74) is 3.21. The number of ether oxygens (including phenoxy) is 2. The summed E-state index contributed by atoms with van der Waals surface area (Å²) in [6.45, 7) is 2.01. The molecule has 0 bridgehead atoms. The molecule has 1 saturated heterocycles. The van der Waals surface area contributed by atoms with Crippen LogP contribution in [0.1, 0.15) is 51.0 Å². The Morgan fingerprint density at radius 2 is 1.92 bits per heavy atom. The zero-order valence-corrected chi connectivity index (χ0v) is 20.2. The number of aliphatic hydroxyl groups excluding tert-OH is 1. The predicted octanol–water partition coefficient (Wildman–Crippen LogP) is 3.38. The fourth-order valence-electron chi connectivity index (χ4n) is 4.49. The second kappa shape index (κ2) is 10.5. The van der Waals surface area contributed by atoms with Crippen molar-refractivity contribution in [3.05, 3.63) is 83.6 Å². The number of Topliss-reactive ketones (excluding diaryl/α,β-unsaturated/α-hetero) is 1. The molecule has 190 valence electrons. The molecule has 10 heteroatoms. The summed E-state index contributed by atoms with van der Waals surface area (Å²) >= 11 is 0. The molecular formula is C27H26N4O6. The van der Waals surface area contributed by atoms with E-state index in [2.05, 4.69) is 15.0 Å². The summed E-state index contributed by atoms with van der Waals surface area (Å²) in [7, 11) is 0. The van der Waals surface area contributed by atoms with E-state index in [1.165, 1.54) is 18.5 Å². The van der Waals surface area contributed by atoms with Gasteiger partial charge in [-0.15, -0.1) is 0 Å². The minimum absolute atomic E-state index is 0.00397. The lowest BCUT2D eigenvalue weighted by molar-refractivity contribution is -0.0381. The zero-order valence-electron chi connectivity index (χ0n) is 20.2. The SMILES string of the molecule is Cc1ncnc2c1ncn2[C@H]1C[C@H](O)[C@@H](COc2cccc(CCC(=O)c3ccccc3C(=O)O)c2)O1. The lowest BCUT2D eigenvalue weighted by atomic mass is 9.98. The highest BCUT2D eigenvalue weighted by molar-refractivity contribution is 6.05. The van der Waals surface area contributed by atoms with Crippen LogP contribution < -0.4 is 4.74 Å². The Morgan fingerprint density at radius 1 is 1.11 bits per heavy atom. The van der Waals surface area contributed by atoms with E-state index in [-0.39, 0.29) is 29.9 Å². The second-order valence-electron chi connectivity index (χ2n) is 8.95. The van der Waals surface area contributed by atoms with Gasteiger partial charge in [-0.1, -0.05) is 30.3 Å². The molecule has 0 unspecified atom stereocenters. The van der Waals surface area contributed by atoms with Gasteiger partial charge in [-0.3, -0.25) is 9.36 Å². The van der Waals surface area contributed by atoms with Gasteiger partial charge in [0.1, 0.15) is 36.5 Å². The van der Waals surface area contributed by atoms with Gasteiger partial charge in [0.2, 0.25) is 0 Å². The number of carboxylic acids is 1. The van der Waals surface area contributed by atoms with Gasteiger partial charge < -0.3 is 19.7 Å². The summed E-state index contributed by atoms with van der Waals surface area (Å²) in [6.07, 6.45) is 2.42. The first-order valence-corrected chi connectivity index (χ1v) is 12.0. The Kier molecular flexibility index (Phi) is 6.93. The molecule has 2 aromatic carbocycles. The van der Waals surface area contributed by atoms with Gasteiger partial charge in [-0.2, -0.15) is 0 Å². The molecule has 1 aliphatic heterocycles. The lowest BCUT2D eigenvalue weighted by Gasteiger charge is -2.17. The number of nitrogens with zero attached hydrogens (tertiary/aromatic N) is 4. The van der Waals surface area contributed by atoms with Crippen LogP contribution in [0.3, 0.4) is 0 Å². The van der Waals surface area contributed by atoms with Crippen LogP contribution in [-0.4, -0.2) is 60.3 Å². The maximum Gasteiger partial charge on any atom is 0.336 e. The second-order valence-corrected chi connectivity index (χ2v) is 8.95. The molecule has 4 aromatic rings. The summed E-state index contributed by atoms with van der Waals surface area (Å²) in [4.78, 5) is 36.9. The number of ketones is 1. The average molecular weight is 503 g/mol. The number of aryl methyl sites for hydroxylation is 2. The Labute approximate surface area is 212 Å². The Balaban J connectivity index is 1.19. The van der Waals surface area contributed by atoms with Crippen molar-refractivity contribution in [2.24, 2.45) is 0 Å². The number of carbonyl (C=O) groups is 2. The minimum Gasteiger partial charge on any atom is -0.491 e. The molecule has 0 aliphatic carbocycles. The van der Waals surface area contributed by atoms with Gasteiger partial charge in [-0.05, 0) is 37.1 Å². The first kappa shape index (κ1) is 24.5. The number of carbonyl (C=O) groups excluding carboxylic acids is 1. The van der Waals surface area contributed by atoms with E-state index in [1.54, 1.807) is 29.1 Å². The third-order valence-electron chi connectivity index (χ3n) is 6.47. The van der Waals surface area contributed by atoms with E-state index in [1.807, 2.05) is 25.1 Å². The van der Waals surface area contributed by atoms with Crippen molar-refractivity contribution in [1.82, 2.24) is 19.5 Å². The molecule has 0 saturated carbocycles. The molecule has 2 aromatic heterocycles. The average Bonchev–Trinajstić information content (AvgIpc) is 3.50. The fourth-order valence-corrected chi connectivity index (χ4v) is 4.49. The van der Waals surface area contributed by atoms with Crippen LogP contribution in [-0.2, 0) is 11.2 Å². The molecule has 0 spiro atoms. The number of imidazole rings is 1. The summed E-state index contributed by atoms with van der Waals surface area (Å²) < 4.78 is 13.8. The highest BCUT2D eigenvalue weighted by atomic mass is 16.6. The molecule has 1 aliphatic rings. The molecule has 37 heavy (non-hydrogen) atoms. The lowest BCUT2D eigenvalue weighted by Crippen LogP contribution is -2.28. The first-order valence-electron chi connectivity index (χ1n) is 12.0. The molecule has 10 nitrogen and oxygen atoms in total. The van der Waals surface area contributed by atoms with Gasteiger partial charge in [-0.25, -0.2) is 19.7 Å². The fraction of sp³-hybridized carbons (Fsp3) is 0.296. The molecule has 0 amide bonds. The number of aliphatic hydroxyl groups is 1. The van der Waals surface area contributed by atoms with Gasteiger partial charge in [0, 0.05) is 18.4 Å². The number of aromatic carboxylic acids is 1. The zero-order chi connectivity index (χ0) is 25.9. The van der Waals surface area contributed by atoms with Crippen LogP contribution in [0.5, 0.6) is 5.75 Å². The molecule has 3 atom stereocenters. The highest BCUT2D eigenvalue weighted by Gasteiger charge is 2.36. The smallest absolute Gasteiger partial charge is 0.336 e. The van der Waals surface area contributed by atoms with Gasteiger partial charge in [0.15, 0.2) is 11.4 Å². The summed E-state index contributed by atoms with van der Waals surface area (Å²) in [5, 5.41) is 19.9. The van der Waals surface area contributed by atoms with Crippen LogP contribution >= 0.6 is 0 Å². The van der Waals surface area contributed by atoms with Gasteiger partial charge >= 0.3 is 5.97 Å². The highest BCUT2D eigenvalue weighted by Crippen LogP contribution is 2.31. The van der Waals surface area contributed by atoms with Crippen molar-refractivity contribution in [3.63, 3.8) is 0 Å². The number of benzene rings is 2. The topological polar surface area (TPSA) is 137 Å². The molecule has 3 heterocycles. The van der Waals surface area contributed by atoms with E-state index < -0.39 is 24.4 Å². The number of hydrogen-bond acceptors (Lipinski definition) is 8. The van der Waals surface area contributed by atoms with Crippen LogP contribution in [0.2, 0.25) is 0 Å². The van der Waals surface area contributed by atoms with Crippen LogP contribution in [0.15, 0.2) is 61.2 Å². The molecule has 0 radical (unpaired) electrons. The van der Waals surface area contributed by atoms with Crippen molar-refractivity contribution in [3.8, 4) is 5.75 Å². The Morgan fingerprint density at radius 3 is 2.73 bits per heavy atom. The van der Waals surface area contributed by atoms with Crippen molar-refractivity contribution in [2.75, 3.05) is 6.61 Å². The van der Waals surface area contributed by atoms with Crippen molar-refractivity contribution in [1.29, 1.82) is 0 Å². The maximum absolute atomic E-state index is 12.6. The largest absolute Gasteiger partial charge is 0.491 e. The van der Waals surface area contributed by atoms with E-state index in [0.29, 0.717) is 29.8 Å². The number of carboxylic acid groups (broad SMARTS) is 1. The summed E-state index contributed by atoms with van der Waals surface area (Å²) in [5.74, 6) is -0.764. The Hall–Kier alpha value is -4.15. The number of rotatable bonds is 9. The Bertz CT molecular complexity index is 1450. The van der Waals surface area contributed by atoms with E-state index in [4.69, 9.17) is 9.47 Å². The van der Waals surface area contributed by atoms with Crippen LogP contribution in [0, 0.1) is 6.92 Å². The van der Waals surface area contributed by atoms with Crippen LogP contribution in [0.4, 0.5) is 0 Å². The van der Waals surface area contributed by atoms with E-state index in [9.17, 15) is 19.8 Å². The third-order valence-corrected chi connectivity index (χ3v) is 6.47. The number of fused-ring (bicyclic) bond motifs is 1. The third kappa shape index (κ3) is 5.20. The molecular weight excluding hydrogens is 476 g/mol. The van der Waals surface area contributed by atoms with E-state index in [0.717, 1.165) is 11.3 Å². The maximum atomic E-state index is 12.6. The number of hydrogen-bond donors (Lipinski definition) is 2. The van der Waals surface area contributed by atoms with E-state index >= 15 is 0 Å². The number of aromatic nitrogens is 4.